The SMILES string of the molecule is O=C(O)CN1C(=O)/C(=C/c2cc(Br)ccc2OCC(=O)Nc2ccc(Cl)cc2)SC1=S. The summed E-state index contributed by atoms with van der Waals surface area (Å²) >= 11 is 15.3. The van der Waals surface area contributed by atoms with Gasteiger partial charge in [-0.1, -0.05) is 51.5 Å². The van der Waals surface area contributed by atoms with Crippen molar-refractivity contribution in [1.82, 2.24) is 4.90 Å². The Bertz CT molecular complexity index is 1090. The van der Waals surface area contributed by atoms with Gasteiger partial charge in [-0.05, 0) is 48.5 Å². The van der Waals surface area contributed by atoms with Gasteiger partial charge >= 0.3 is 5.97 Å². The van der Waals surface area contributed by atoms with Gasteiger partial charge in [-0.15, -0.1) is 0 Å². The predicted octanol–water partition coefficient (Wildman–Crippen LogP) is 4.41. The number of carboxylic acid groups (broad SMARTS) is 1. The Kier molecular flexibility index (Phi) is 7.71. The summed E-state index contributed by atoms with van der Waals surface area (Å²) in [5, 5.41) is 12.2. The Morgan fingerprint density at radius 2 is 1.97 bits per heavy atom. The van der Waals surface area contributed by atoms with Gasteiger partial charge in [0.25, 0.3) is 11.8 Å². The highest BCUT2D eigenvalue weighted by molar-refractivity contribution is 9.10. The average Bonchev–Trinajstić information content (AvgIpc) is 2.96. The molecule has 1 aliphatic rings. The fraction of sp³-hybridized carbons (Fsp3) is 0.100. The number of hydrogen-bond acceptors (Lipinski definition) is 6. The highest BCUT2D eigenvalue weighted by Crippen LogP contribution is 2.35. The second kappa shape index (κ2) is 10.3. The van der Waals surface area contributed by atoms with Crippen LogP contribution in [0.2, 0.25) is 5.02 Å². The fourth-order valence-corrected chi connectivity index (χ4v) is 4.30. The topological polar surface area (TPSA) is 95.9 Å². The van der Waals surface area contributed by atoms with Gasteiger partial charge in [0.15, 0.2) is 6.61 Å². The number of amides is 2. The van der Waals surface area contributed by atoms with Crippen LogP contribution < -0.4 is 10.1 Å². The molecule has 1 aliphatic heterocycles. The molecule has 1 fully saturated rings. The van der Waals surface area contributed by atoms with Crippen LogP contribution in [0.25, 0.3) is 6.08 Å². The predicted molar refractivity (Wildman–Crippen MR) is 127 cm³/mol. The molecule has 0 aliphatic carbocycles. The number of hydrogen-bond donors (Lipinski definition) is 2. The van der Waals surface area contributed by atoms with E-state index >= 15 is 0 Å². The number of nitrogens with one attached hydrogen (secondary N) is 1. The van der Waals surface area contributed by atoms with E-state index in [4.69, 9.17) is 33.7 Å². The van der Waals surface area contributed by atoms with Gasteiger partial charge in [-0.2, -0.15) is 0 Å². The maximum Gasteiger partial charge on any atom is 0.323 e. The van der Waals surface area contributed by atoms with Crippen molar-refractivity contribution in [3.8, 4) is 5.75 Å². The van der Waals surface area contributed by atoms with Crippen LogP contribution in [0.5, 0.6) is 5.75 Å². The number of halogens is 2. The first-order valence-electron chi connectivity index (χ1n) is 8.68. The molecule has 0 bridgehead atoms. The summed E-state index contributed by atoms with van der Waals surface area (Å²) in [7, 11) is 0. The summed E-state index contributed by atoms with van der Waals surface area (Å²) in [6, 6.07) is 11.8. The first-order chi connectivity index (χ1) is 14.7. The summed E-state index contributed by atoms with van der Waals surface area (Å²) in [4.78, 5) is 36.9. The quantitative estimate of drug-likeness (QED) is 0.396. The molecular formula is C20H14BrClN2O5S2. The lowest BCUT2D eigenvalue weighted by Crippen LogP contribution is -2.33. The van der Waals surface area contributed by atoms with Gasteiger partial charge < -0.3 is 15.2 Å². The molecular weight excluding hydrogens is 528 g/mol. The maximum atomic E-state index is 12.5. The molecule has 160 valence electrons. The molecule has 0 unspecified atom stereocenters. The number of thiocarbonyl (C=S) groups is 1. The van der Waals surface area contributed by atoms with Crippen LogP contribution in [0.4, 0.5) is 5.69 Å². The van der Waals surface area contributed by atoms with Crippen LogP contribution in [0.1, 0.15) is 5.56 Å². The Morgan fingerprint density at radius 3 is 2.65 bits per heavy atom. The molecule has 0 spiro atoms. The Hall–Kier alpha value is -2.40. The minimum Gasteiger partial charge on any atom is -0.483 e. The summed E-state index contributed by atoms with van der Waals surface area (Å²) in [6.07, 6.45) is 1.55. The molecule has 2 aromatic rings. The molecule has 7 nitrogen and oxygen atoms in total. The maximum absolute atomic E-state index is 12.5. The zero-order valence-corrected chi connectivity index (χ0v) is 19.6. The van der Waals surface area contributed by atoms with Crippen LogP contribution in [0, 0.1) is 0 Å². The lowest BCUT2D eigenvalue weighted by atomic mass is 10.2. The second-order valence-corrected chi connectivity index (χ2v) is 9.22. The van der Waals surface area contributed by atoms with Gasteiger partial charge in [0.05, 0.1) is 4.91 Å². The van der Waals surface area contributed by atoms with Crippen LogP contribution in [0.3, 0.4) is 0 Å². The highest BCUT2D eigenvalue weighted by atomic mass is 79.9. The van der Waals surface area contributed by atoms with Crippen molar-refractivity contribution in [3.05, 3.63) is 62.4 Å². The van der Waals surface area contributed by atoms with Crippen molar-refractivity contribution in [3.63, 3.8) is 0 Å². The van der Waals surface area contributed by atoms with Crippen LogP contribution in [-0.4, -0.2) is 45.3 Å². The number of thioether (sulfide) groups is 1. The van der Waals surface area contributed by atoms with Gasteiger partial charge in [0.2, 0.25) is 0 Å². The van der Waals surface area contributed by atoms with E-state index < -0.39 is 18.4 Å². The van der Waals surface area contributed by atoms with E-state index in [-0.39, 0.29) is 21.7 Å². The zero-order chi connectivity index (χ0) is 22.5. The van der Waals surface area contributed by atoms with E-state index in [2.05, 4.69) is 21.2 Å². The number of ether oxygens (including phenoxy) is 1. The number of carboxylic acids is 1. The normalized spacial score (nSPS) is 14.8. The molecule has 2 N–H and O–H groups in total. The molecule has 2 amide bonds. The van der Waals surface area contributed by atoms with E-state index in [1.165, 1.54) is 0 Å². The van der Waals surface area contributed by atoms with Crippen molar-refractivity contribution in [1.29, 1.82) is 0 Å². The number of aliphatic carboxylic acids is 1. The zero-order valence-electron chi connectivity index (χ0n) is 15.6. The third-order valence-electron chi connectivity index (χ3n) is 3.91. The first kappa shape index (κ1) is 23.3. The fourth-order valence-electron chi connectivity index (χ4n) is 2.55. The monoisotopic (exact) mass is 540 g/mol. The van der Waals surface area contributed by atoms with Gasteiger partial charge in [0, 0.05) is 20.7 Å². The minimum absolute atomic E-state index is 0.165. The molecule has 2 aromatic carbocycles. The van der Waals surface area contributed by atoms with Gasteiger partial charge in [-0.25, -0.2) is 0 Å². The molecule has 3 rings (SSSR count). The summed E-state index contributed by atoms with van der Waals surface area (Å²) in [5.74, 6) is -1.65. The molecule has 0 radical (unpaired) electrons. The smallest absolute Gasteiger partial charge is 0.323 e. The van der Waals surface area contributed by atoms with E-state index in [1.807, 2.05) is 0 Å². The van der Waals surface area contributed by atoms with Crippen molar-refractivity contribution in [2.24, 2.45) is 0 Å². The van der Waals surface area contributed by atoms with E-state index in [0.29, 0.717) is 22.0 Å². The number of anilines is 1. The number of carbonyl (C=O) groups excluding carboxylic acids is 2. The summed E-state index contributed by atoms with van der Waals surface area (Å²) in [6.45, 7) is -0.764. The standard InChI is InChI=1S/C20H14BrClN2O5S2/c21-12-1-6-15(29-10-17(25)23-14-4-2-13(22)3-5-14)11(7-12)8-16-19(28)24(9-18(26)27)20(30)31-16/h1-8H,9-10H2,(H,23,25)(H,26,27)/b16-8-. The largest absolute Gasteiger partial charge is 0.483 e. The number of carbonyl (C=O) groups is 3. The third kappa shape index (κ3) is 6.30. The van der Waals surface area contributed by atoms with Crippen LogP contribution in [0.15, 0.2) is 51.8 Å². The summed E-state index contributed by atoms with van der Waals surface area (Å²) in [5.41, 5.74) is 1.11. The van der Waals surface area contributed by atoms with E-state index in [1.54, 1.807) is 48.5 Å². The van der Waals surface area contributed by atoms with E-state index in [9.17, 15) is 14.4 Å². The molecule has 31 heavy (non-hydrogen) atoms. The van der Waals surface area contributed by atoms with Gasteiger partial charge in [-0.3, -0.25) is 19.3 Å². The Morgan fingerprint density at radius 1 is 1.26 bits per heavy atom. The molecule has 1 saturated heterocycles. The molecule has 0 aromatic heterocycles. The molecule has 1 heterocycles. The summed E-state index contributed by atoms with van der Waals surface area (Å²) < 4.78 is 6.55. The first-order valence-corrected chi connectivity index (χ1v) is 11.1. The molecule has 0 atom stereocenters. The lowest BCUT2D eigenvalue weighted by molar-refractivity contribution is -0.140. The van der Waals surface area contributed by atoms with Crippen LogP contribution in [-0.2, 0) is 14.4 Å². The lowest BCUT2D eigenvalue weighted by Gasteiger charge is -2.11. The van der Waals surface area contributed by atoms with Gasteiger partial charge in [0.1, 0.15) is 16.6 Å². The van der Waals surface area contributed by atoms with Crippen molar-refractivity contribution in [2.75, 3.05) is 18.5 Å². The van der Waals surface area contributed by atoms with Crippen molar-refractivity contribution >= 4 is 85.4 Å². The van der Waals surface area contributed by atoms with Crippen molar-refractivity contribution < 1.29 is 24.2 Å². The van der Waals surface area contributed by atoms with E-state index in [0.717, 1.165) is 21.1 Å². The number of nitrogens with zero attached hydrogens (tertiary/aromatic N) is 1. The Balaban J connectivity index is 1.73. The third-order valence-corrected chi connectivity index (χ3v) is 6.04. The Labute approximate surface area is 200 Å². The minimum atomic E-state index is -1.16. The number of benzene rings is 2. The average molecular weight is 542 g/mol. The number of rotatable bonds is 7. The second-order valence-electron chi connectivity index (χ2n) is 6.19. The van der Waals surface area contributed by atoms with Crippen LogP contribution >= 0.6 is 51.5 Å². The molecule has 11 heteroatoms. The van der Waals surface area contributed by atoms with Crippen molar-refractivity contribution in [2.45, 2.75) is 0 Å². The highest BCUT2D eigenvalue weighted by Gasteiger charge is 2.33. The molecule has 0 saturated carbocycles.